The molecule has 4 rings (SSSR count). The lowest BCUT2D eigenvalue weighted by atomic mass is 9.91. The first-order chi connectivity index (χ1) is 16.5. The SMILES string of the molecule is CC[C@H](CC(=O)N[C@@H]1C=CC[C@@H](C(=O)O)C1)NC(=O)OCC1c2ccccc2-c2ccccc21. The molecule has 0 saturated carbocycles. The summed E-state index contributed by atoms with van der Waals surface area (Å²) in [5.74, 6) is -1.60. The summed E-state index contributed by atoms with van der Waals surface area (Å²) in [6.45, 7) is 2.11. The van der Waals surface area contributed by atoms with Crippen LogP contribution in [0.2, 0.25) is 0 Å². The lowest BCUT2D eigenvalue weighted by Gasteiger charge is -2.24. The molecular formula is C27H30N2O5. The number of ether oxygens (including phenoxy) is 1. The molecule has 3 N–H and O–H groups in total. The molecule has 0 saturated heterocycles. The predicted octanol–water partition coefficient (Wildman–Crippen LogP) is 4.23. The normalized spacial score (nSPS) is 19.6. The molecule has 2 aromatic carbocycles. The lowest BCUT2D eigenvalue weighted by molar-refractivity contribution is -0.142. The van der Waals surface area contributed by atoms with Gasteiger partial charge in [0.25, 0.3) is 0 Å². The number of fused-ring (bicyclic) bond motifs is 3. The van der Waals surface area contributed by atoms with Gasteiger partial charge < -0.3 is 20.5 Å². The van der Waals surface area contributed by atoms with Crippen LogP contribution in [-0.2, 0) is 14.3 Å². The van der Waals surface area contributed by atoms with Crippen molar-refractivity contribution in [3.63, 3.8) is 0 Å². The fraction of sp³-hybridized carbons (Fsp3) is 0.370. The second kappa shape index (κ2) is 10.5. The number of hydrogen-bond acceptors (Lipinski definition) is 4. The van der Waals surface area contributed by atoms with Gasteiger partial charge in [-0.15, -0.1) is 0 Å². The van der Waals surface area contributed by atoms with Crippen molar-refractivity contribution in [1.29, 1.82) is 0 Å². The van der Waals surface area contributed by atoms with Gasteiger partial charge in [0.2, 0.25) is 5.91 Å². The second-order valence-electron chi connectivity index (χ2n) is 8.89. The molecule has 7 nitrogen and oxygen atoms in total. The molecular weight excluding hydrogens is 432 g/mol. The van der Waals surface area contributed by atoms with Gasteiger partial charge in [0.15, 0.2) is 0 Å². The highest BCUT2D eigenvalue weighted by Crippen LogP contribution is 2.44. The Bertz CT molecular complexity index is 1050. The average molecular weight is 463 g/mol. The highest BCUT2D eigenvalue weighted by atomic mass is 16.5. The molecule has 0 bridgehead atoms. The Morgan fingerprint density at radius 1 is 1.06 bits per heavy atom. The van der Waals surface area contributed by atoms with Gasteiger partial charge in [-0.05, 0) is 41.5 Å². The molecule has 0 aliphatic heterocycles. The molecule has 0 aromatic heterocycles. The molecule has 2 aliphatic carbocycles. The van der Waals surface area contributed by atoms with Crippen molar-refractivity contribution in [1.82, 2.24) is 10.6 Å². The molecule has 7 heteroatoms. The van der Waals surface area contributed by atoms with Gasteiger partial charge in [-0.1, -0.05) is 67.6 Å². The number of benzene rings is 2. The van der Waals surface area contributed by atoms with Crippen LogP contribution in [0, 0.1) is 5.92 Å². The van der Waals surface area contributed by atoms with Gasteiger partial charge in [-0.25, -0.2) is 4.79 Å². The number of carboxylic acid groups (broad SMARTS) is 1. The minimum absolute atomic E-state index is 0.0261. The van der Waals surface area contributed by atoms with Gasteiger partial charge in [-0.3, -0.25) is 9.59 Å². The van der Waals surface area contributed by atoms with Gasteiger partial charge in [0.05, 0.1) is 5.92 Å². The maximum atomic E-state index is 12.5. The van der Waals surface area contributed by atoms with Gasteiger partial charge >= 0.3 is 12.1 Å². The Balaban J connectivity index is 1.29. The first-order valence-corrected chi connectivity index (χ1v) is 11.8. The number of carbonyl (C=O) groups is 3. The van der Waals surface area contributed by atoms with E-state index in [0.29, 0.717) is 19.3 Å². The Morgan fingerprint density at radius 3 is 2.32 bits per heavy atom. The molecule has 2 aliphatic rings. The smallest absolute Gasteiger partial charge is 0.407 e. The van der Waals surface area contributed by atoms with E-state index >= 15 is 0 Å². The largest absolute Gasteiger partial charge is 0.481 e. The van der Waals surface area contributed by atoms with Crippen molar-refractivity contribution in [2.45, 2.75) is 50.6 Å². The van der Waals surface area contributed by atoms with Crippen molar-refractivity contribution in [3.8, 4) is 11.1 Å². The van der Waals surface area contributed by atoms with Crippen molar-refractivity contribution in [2.24, 2.45) is 5.92 Å². The van der Waals surface area contributed by atoms with Gasteiger partial charge in [-0.2, -0.15) is 0 Å². The number of carbonyl (C=O) groups excluding carboxylic acids is 2. The Hall–Kier alpha value is -3.61. The highest BCUT2D eigenvalue weighted by Gasteiger charge is 2.29. The number of rotatable bonds is 8. The fourth-order valence-corrected chi connectivity index (χ4v) is 4.79. The third-order valence-electron chi connectivity index (χ3n) is 6.61. The van der Waals surface area contributed by atoms with E-state index in [9.17, 15) is 19.5 Å². The summed E-state index contributed by atoms with van der Waals surface area (Å²) in [4.78, 5) is 36.3. The van der Waals surface area contributed by atoms with Gasteiger partial charge in [0, 0.05) is 24.4 Å². The lowest BCUT2D eigenvalue weighted by Crippen LogP contribution is -2.43. The van der Waals surface area contributed by atoms with E-state index in [-0.39, 0.29) is 36.9 Å². The topological polar surface area (TPSA) is 105 Å². The second-order valence-corrected chi connectivity index (χ2v) is 8.89. The summed E-state index contributed by atoms with van der Waals surface area (Å²) >= 11 is 0. The van der Waals surface area contributed by atoms with Crippen molar-refractivity contribution >= 4 is 18.0 Å². The standard InChI is InChI=1S/C27H30N2O5/c1-2-18(15-25(30)28-19-9-7-8-17(14-19)26(31)32)29-27(33)34-16-24-22-12-5-3-10-20(22)21-11-4-6-13-23(21)24/h3-7,9-13,17-19,24H,2,8,14-16H2,1H3,(H,28,30)(H,29,33)(H,31,32)/t17-,18-,19-/m1/s1. The van der Waals surface area contributed by atoms with E-state index in [0.717, 1.165) is 22.3 Å². The third kappa shape index (κ3) is 5.30. The molecule has 0 radical (unpaired) electrons. The number of amides is 2. The zero-order valence-electron chi connectivity index (χ0n) is 19.2. The van der Waals surface area contributed by atoms with Crippen LogP contribution in [0.4, 0.5) is 4.79 Å². The number of alkyl carbamates (subject to hydrolysis) is 1. The average Bonchev–Trinajstić information content (AvgIpc) is 3.16. The first kappa shape index (κ1) is 23.5. The van der Waals surface area contributed by atoms with Crippen LogP contribution in [-0.4, -0.2) is 41.8 Å². The fourth-order valence-electron chi connectivity index (χ4n) is 4.79. The third-order valence-corrected chi connectivity index (χ3v) is 6.61. The number of aliphatic carboxylic acids is 1. The van der Waals surface area contributed by atoms with Gasteiger partial charge in [0.1, 0.15) is 6.61 Å². The molecule has 0 heterocycles. The molecule has 3 atom stereocenters. The molecule has 34 heavy (non-hydrogen) atoms. The maximum Gasteiger partial charge on any atom is 0.407 e. The van der Waals surface area contributed by atoms with Crippen LogP contribution in [0.15, 0.2) is 60.7 Å². The van der Waals surface area contributed by atoms with Crippen LogP contribution in [0.3, 0.4) is 0 Å². The molecule has 2 amide bonds. The Labute approximate surface area is 199 Å². The van der Waals surface area contributed by atoms with E-state index in [4.69, 9.17) is 4.74 Å². The summed E-state index contributed by atoms with van der Waals surface area (Å²) in [6, 6.07) is 15.6. The van der Waals surface area contributed by atoms with Crippen LogP contribution >= 0.6 is 0 Å². The van der Waals surface area contributed by atoms with E-state index in [1.807, 2.05) is 37.3 Å². The van der Waals surface area contributed by atoms with Crippen molar-refractivity contribution in [2.75, 3.05) is 6.61 Å². The van der Waals surface area contributed by atoms with Crippen LogP contribution in [0.5, 0.6) is 0 Å². The van der Waals surface area contributed by atoms with Crippen LogP contribution < -0.4 is 10.6 Å². The molecule has 0 fully saturated rings. The predicted molar refractivity (Wildman–Crippen MR) is 128 cm³/mol. The minimum Gasteiger partial charge on any atom is -0.481 e. The number of hydrogen-bond donors (Lipinski definition) is 3. The zero-order chi connectivity index (χ0) is 24.1. The van der Waals surface area contributed by atoms with Crippen LogP contribution in [0.1, 0.15) is 49.7 Å². The Morgan fingerprint density at radius 2 is 1.71 bits per heavy atom. The van der Waals surface area contributed by atoms with E-state index in [1.165, 1.54) is 0 Å². The minimum atomic E-state index is -0.855. The summed E-state index contributed by atoms with van der Waals surface area (Å²) in [5, 5.41) is 14.9. The van der Waals surface area contributed by atoms with Crippen molar-refractivity contribution < 1.29 is 24.2 Å². The van der Waals surface area contributed by atoms with Crippen molar-refractivity contribution in [3.05, 3.63) is 71.8 Å². The summed E-state index contributed by atoms with van der Waals surface area (Å²) in [5.41, 5.74) is 4.61. The Kier molecular flexibility index (Phi) is 7.30. The van der Waals surface area contributed by atoms with E-state index < -0.39 is 18.0 Å². The quantitative estimate of drug-likeness (QED) is 0.509. The summed E-state index contributed by atoms with van der Waals surface area (Å²) in [7, 11) is 0. The maximum absolute atomic E-state index is 12.5. The summed E-state index contributed by atoms with van der Waals surface area (Å²) < 4.78 is 5.59. The molecule has 2 aromatic rings. The number of nitrogens with one attached hydrogen (secondary N) is 2. The van der Waals surface area contributed by atoms with E-state index in [2.05, 4.69) is 34.9 Å². The van der Waals surface area contributed by atoms with E-state index in [1.54, 1.807) is 6.08 Å². The number of carboxylic acids is 1. The highest BCUT2D eigenvalue weighted by molar-refractivity contribution is 5.80. The zero-order valence-corrected chi connectivity index (χ0v) is 19.2. The summed E-state index contributed by atoms with van der Waals surface area (Å²) in [6.07, 6.45) is 4.58. The van der Waals surface area contributed by atoms with Crippen LogP contribution in [0.25, 0.3) is 11.1 Å². The first-order valence-electron chi connectivity index (χ1n) is 11.8. The monoisotopic (exact) mass is 462 g/mol. The number of allylic oxidation sites excluding steroid dienone is 1. The molecule has 0 spiro atoms. The molecule has 178 valence electrons. The molecule has 0 unspecified atom stereocenters.